The van der Waals surface area contributed by atoms with E-state index in [-0.39, 0.29) is 5.75 Å². The first-order valence-corrected chi connectivity index (χ1v) is 8.78. The van der Waals surface area contributed by atoms with E-state index in [4.69, 9.17) is 4.74 Å². The summed E-state index contributed by atoms with van der Waals surface area (Å²) in [7, 11) is -3.83. The highest BCUT2D eigenvalue weighted by Gasteiger charge is 2.49. The van der Waals surface area contributed by atoms with Crippen LogP contribution in [0, 0.1) is 0 Å². The molecular formula is C14H14F4O4S. The van der Waals surface area contributed by atoms with Crippen LogP contribution in [0.5, 0.6) is 5.75 Å². The first-order chi connectivity index (χ1) is 10.5. The van der Waals surface area contributed by atoms with E-state index in [2.05, 4.69) is 0 Å². The predicted molar refractivity (Wildman–Crippen MR) is 71.9 cm³/mol. The number of halogens is 4. The summed E-state index contributed by atoms with van der Waals surface area (Å²) >= 11 is 0. The van der Waals surface area contributed by atoms with Crippen molar-refractivity contribution in [1.82, 2.24) is 0 Å². The van der Waals surface area contributed by atoms with E-state index in [0.29, 0.717) is 0 Å². The van der Waals surface area contributed by atoms with Crippen molar-refractivity contribution >= 4 is 9.84 Å². The standard InChI is InChI=1S/C14H14F4O4S/c1-23(20,21)8-3-2-7(22-6-4-14(17,18)5-6)9-10(8)13(19)12(16)11(9)15/h2-3,6,11-13,19H,4-5H2,1H3/t11-,12-,13+/m1/s1. The average molecular weight is 354 g/mol. The van der Waals surface area contributed by atoms with Gasteiger partial charge in [-0.2, -0.15) is 0 Å². The van der Waals surface area contributed by atoms with Crippen LogP contribution in [0.1, 0.15) is 36.2 Å². The number of aliphatic hydroxyl groups is 1. The molecular weight excluding hydrogens is 340 g/mol. The molecule has 0 spiro atoms. The summed E-state index contributed by atoms with van der Waals surface area (Å²) < 4.78 is 82.4. The summed E-state index contributed by atoms with van der Waals surface area (Å²) in [5, 5.41) is 9.82. The van der Waals surface area contributed by atoms with Gasteiger partial charge in [-0.3, -0.25) is 0 Å². The minimum Gasteiger partial charge on any atom is -0.490 e. The molecule has 1 N–H and O–H groups in total. The second-order valence-electron chi connectivity index (χ2n) is 5.96. The molecule has 0 saturated heterocycles. The van der Waals surface area contributed by atoms with E-state index < -0.39 is 69.2 Å². The number of rotatable bonds is 3. The molecule has 4 nitrogen and oxygen atoms in total. The van der Waals surface area contributed by atoms with Crippen molar-refractivity contribution in [2.45, 2.75) is 48.2 Å². The van der Waals surface area contributed by atoms with Crippen molar-refractivity contribution in [2.75, 3.05) is 6.26 Å². The van der Waals surface area contributed by atoms with Crippen LogP contribution in [0.15, 0.2) is 17.0 Å². The summed E-state index contributed by atoms with van der Waals surface area (Å²) in [6.07, 6.45) is -7.67. The van der Waals surface area contributed by atoms with Gasteiger partial charge in [0.15, 0.2) is 22.2 Å². The van der Waals surface area contributed by atoms with E-state index >= 15 is 0 Å². The van der Waals surface area contributed by atoms with Gasteiger partial charge in [0.2, 0.25) is 0 Å². The third-order valence-electron chi connectivity index (χ3n) is 4.11. The number of fused-ring (bicyclic) bond motifs is 1. The molecule has 1 aromatic rings. The molecule has 3 atom stereocenters. The number of alkyl halides is 4. The van der Waals surface area contributed by atoms with Crippen molar-refractivity contribution < 1.29 is 35.8 Å². The Balaban J connectivity index is 2.04. The lowest BCUT2D eigenvalue weighted by Crippen LogP contribution is -2.43. The Bertz CT molecular complexity index is 741. The Hall–Kier alpha value is -1.35. The van der Waals surface area contributed by atoms with Gasteiger partial charge in [0.05, 0.1) is 4.90 Å². The smallest absolute Gasteiger partial charge is 0.255 e. The second-order valence-corrected chi connectivity index (χ2v) is 7.94. The summed E-state index contributed by atoms with van der Waals surface area (Å²) in [5.41, 5.74) is -0.806. The van der Waals surface area contributed by atoms with Crippen molar-refractivity contribution in [3.05, 3.63) is 23.3 Å². The molecule has 0 aromatic heterocycles. The van der Waals surface area contributed by atoms with Crippen molar-refractivity contribution in [3.8, 4) is 5.75 Å². The molecule has 1 fully saturated rings. The highest BCUT2D eigenvalue weighted by Crippen LogP contribution is 2.51. The highest BCUT2D eigenvalue weighted by molar-refractivity contribution is 7.90. The third kappa shape index (κ3) is 2.69. The van der Waals surface area contributed by atoms with E-state index in [1.165, 1.54) is 0 Å². The van der Waals surface area contributed by atoms with Gasteiger partial charge in [-0.05, 0) is 12.1 Å². The maximum atomic E-state index is 14.2. The molecule has 0 bridgehead atoms. The molecule has 0 heterocycles. The average Bonchev–Trinajstić information content (AvgIpc) is 2.61. The molecule has 0 amide bonds. The molecule has 2 aliphatic carbocycles. The van der Waals surface area contributed by atoms with Gasteiger partial charge in [-0.15, -0.1) is 0 Å². The van der Waals surface area contributed by atoms with Crippen LogP contribution < -0.4 is 4.74 Å². The van der Waals surface area contributed by atoms with Gasteiger partial charge >= 0.3 is 0 Å². The highest BCUT2D eigenvalue weighted by atomic mass is 32.2. The first kappa shape index (κ1) is 16.5. The van der Waals surface area contributed by atoms with Crippen molar-refractivity contribution in [2.24, 2.45) is 0 Å². The summed E-state index contributed by atoms with van der Waals surface area (Å²) in [5.74, 6) is -3.06. The van der Waals surface area contributed by atoms with Crippen LogP contribution in [0.4, 0.5) is 17.6 Å². The maximum Gasteiger partial charge on any atom is 0.255 e. The molecule has 3 rings (SSSR count). The van der Waals surface area contributed by atoms with E-state index in [1.807, 2.05) is 0 Å². The molecule has 0 radical (unpaired) electrons. The van der Waals surface area contributed by atoms with Crippen LogP contribution in [-0.2, 0) is 9.84 Å². The fraction of sp³-hybridized carbons (Fsp3) is 0.571. The number of hydrogen-bond acceptors (Lipinski definition) is 4. The zero-order valence-corrected chi connectivity index (χ0v) is 12.8. The van der Waals surface area contributed by atoms with Gasteiger partial charge in [0, 0.05) is 30.2 Å². The van der Waals surface area contributed by atoms with Crippen LogP contribution in [-0.4, -0.2) is 38.0 Å². The molecule has 1 aromatic carbocycles. The monoisotopic (exact) mass is 354 g/mol. The lowest BCUT2D eigenvalue weighted by atomic mass is 9.91. The van der Waals surface area contributed by atoms with Crippen LogP contribution in [0.25, 0.3) is 0 Å². The minimum atomic E-state index is -3.83. The number of aliphatic hydroxyl groups excluding tert-OH is 1. The largest absolute Gasteiger partial charge is 0.490 e. The van der Waals surface area contributed by atoms with Crippen LogP contribution in [0.3, 0.4) is 0 Å². The number of hydrogen-bond donors (Lipinski definition) is 1. The molecule has 0 aliphatic heterocycles. The Morgan fingerprint density at radius 2 is 1.83 bits per heavy atom. The van der Waals surface area contributed by atoms with E-state index in [1.54, 1.807) is 0 Å². The maximum absolute atomic E-state index is 14.2. The van der Waals surface area contributed by atoms with Crippen molar-refractivity contribution in [3.63, 3.8) is 0 Å². The Morgan fingerprint density at radius 3 is 2.35 bits per heavy atom. The zero-order chi connectivity index (χ0) is 17.2. The number of ether oxygens (including phenoxy) is 1. The Labute approximate surface area is 130 Å². The zero-order valence-electron chi connectivity index (χ0n) is 12.0. The van der Waals surface area contributed by atoms with Gasteiger partial charge in [0.1, 0.15) is 18.0 Å². The quantitative estimate of drug-likeness (QED) is 0.848. The fourth-order valence-corrected chi connectivity index (χ4v) is 3.91. The minimum absolute atomic E-state index is 0.209. The van der Waals surface area contributed by atoms with E-state index in [0.717, 1.165) is 18.4 Å². The summed E-state index contributed by atoms with van der Waals surface area (Å²) in [4.78, 5) is -0.394. The molecule has 2 aliphatic rings. The summed E-state index contributed by atoms with van der Waals surface area (Å²) in [6, 6.07) is 2.18. The fourth-order valence-electron chi connectivity index (χ4n) is 2.96. The Morgan fingerprint density at radius 1 is 1.22 bits per heavy atom. The van der Waals surface area contributed by atoms with Crippen LogP contribution in [0.2, 0.25) is 0 Å². The lowest BCUT2D eigenvalue weighted by molar-refractivity contribution is -0.134. The normalized spacial score (nSPS) is 29.9. The Kier molecular flexibility index (Phi) is 3.64. The third-order valence-corrected chi connectivity index (χ3v) is 5.26. The van der Waals surface area contributed by atoms with Gasteiger partial charge in [-0.25, -0.2) is 26.0 Å². The molecule has 23 heavy (non-hydrogen) atoms. The molecule has 0 unspecified atom stereocenters. The topological polar surface area (TPSA) is 63.6 Å². The van der Waals surface area contributed by atoms with Crippen LogP contribution >= 0.6 is 0 Å². The number of sulfone groups is 1. The van der Waals surface area contributed by atoms with Gasteiger partial charge in [0.25, 0.3) is 5.92 Å². The van der Waals surface area contributed by atoms with Gasteiger partial charge in [-0.1, -0.05) is 0 Å². The molecule has 128 valence electrons. The SMILES string of the molecule is CS(=O)(=O)c1ccc(OC2CC(F)(F)C2)c2c1[C@H](O)[C@H](F)[C@@H]2F. The van der Waals surface area contributed by atoms with E-state index in [9.17, 15) is 31.1 Å². The number of benzene rings is 1. The summed E-state index contributed by atoms with van der Waals surface area (Å²) in [6.45, 7) is 0. The first-order valence-electron chi connectivity index (χ1n) is 6.89. The molecule has 1 saturated carbocycles. The van der Waals surface area contributed by atoms with Crippen molar-refractivity contribution in [1.29, 1.82) is 0 Å². The molecule has 9 heteroatoms. The van der Waals surface area contributed by atoms with Gasteiger partial charge < -0.3 is 9.84 Å². The predicted octanol–water partition coefficient (Wildman–Crippen LogP) is 2.66. The lowest BCUT2D eigenvalue weighted by Gasteiger charge is -2.35. The second kappa shape index (κ2) is 5.07.